The normalized spacial score (nSPS) is 38.1. The maximum Gasteiger partial charge on any atom is 0.0711 e. The van der Waals surface area contributed by atoms with E-state index in [0.717, 1.165) is 12.5 Å². The Morgan fingerprint density at radius 1 is 1.31 bits per heavy atom. The fraction of sp³-hybridized carbons (Fsp3) is 1.00. The van der Waals surface area contributed by atoms with Gasteiger partial charge in [-0.2, -0.15) is 0 Å². The van der Waals surface area contributed by atoms with Crippen LogP contribution in [0.4, 0.5) is 0 Å². The highest BCUT2D eigenvalue weighted by atomic mass is 16.5. The molecular formula is C12H22O. The van der Waals surface area contributed by atoms with Crippen molar-refractivity contribution < 1.29 is 4.74 Å². The summed E-state index contributed by atoms with van der Waals surface area (Å²) in [5.74, 6) is 0.921. The third kappa shape index (κ3) is 1.76. The van der Waals surface area contributed by atoms with E-state index in [1.165, 1.54) is 51.4 Å². The van der Waals surface area contributed by atoms with Gasteiger partial charge in [0.2, 0.25) is 0 Å². The summed E-state index contributed by atoms with van der Waals surface area (Å²) in [4.78, 5) is 0. The first kappa shape index (κ1) is 9.51. The molecule has 1 heteroatoms. The van der Waals surface area contributed by atoms with Crippen molar-refractivity contribution in [3.8, 4) is 0 Å². The lowest BCUT2D eigenvalue weighted by molar-refractivity contribution is -0.0170. The summed E-state index contributed by atoms with van der Waals surface area (Å²) in [6, 6.07) is 0. The average Bonchev–Trinajstić information content (AvgIpc) is 2.63. The zero-order valence-corrected chi connectivity index (χ0v) is 8.85. The van der Waals surface area contributed by atoms with Gasteiger partial charge in [0.15, 0.2) is 0 Å². The molecule has 1 saturated carbocycles. The second-order valence-electron chi connectivity index (χ2n) is 4.75. The molecule has 76 valence electrons. The number of ether oxygens (including phenoxy) is 1. The van der Waals surface area contributed by atoms with Gasteiger partial charge >= 0.3 is 0 Å². The summed E-state index contributed by atoms with van der Waals surface area (Å²) >= 11 is 0. The molecule has 0 aromatic rings. The Kier molecular flexibility index (Phi) is 2.92. The highest BCUT2D eigenvalue weighted by molar-refractivity contribution is 4.97. The molecular weight excluding hydrogens is 160 g/mol. The molecule has 2 rings (SSSR count). The van der Waals surface area contributed by atoms with Crippen LogP contribution in [0.5, 0.6) is 0 Å². The standard InChI is InChI=1S/C12H22O/c1-2-3-4-8-12-9-5-6-11(12)7-10-13-12/h11H,2-10H2,1H3. The van der Waals surface area contributed by atoms with Crippen LogP contribution in [-0.2, 0) is 4.74 Å². The second kappa shape index (κ2) is 4.00. The Bertz CT molecular complexity index is 155. The highest BCUT2D eigenvalue weighted by Gasteiger charge is 2.46. The molecule has 0 aromatic heterocycles. The molecule has 1 heterocycles. The van der Waals surface area contributed by atoms with E-state index in [1.807, 2.05) is 0 Å². The molecule has 1 aliphatic carbocycles. The molecule has 13 heavy (non-hydrogen) atoms. The lowest BCUT2D eigenvalue weighted by Gasteiger charge is -2.28. The summed E-state index contributed by atoms with van der Waals surface area (Å²) in [6.07, 6.45) is 11.0. The topological polar surface area (TPSA) is 9.23 Å². The molecule has 2 fully saturated rings. The summed E-state index contributed by atoms with van der Waals surface area (Å²) in [7, 11) is 0. The Labute approximate surface area is 81.9 Å². The summed E-state index contributed by atoms with van der Waals surface area (Å²) in [5, 5.41) is 0. The highest BCUT2D eigenvalue weighted by Crippen LogP contribution is 2.48. The second-order valence-corrected chi connectivity index (χ2v) is 4.75. The molecule has 1 aliphatic heterocycles. The molecule has 1 nitrogen and oxygen atoms in total. The Balaban J connectivity index is 1.86. The first-order valence-electron chi connectivity index (χ1n) is 6.01. The molecule has 2 atom stereocenters. The lowest BCUT2D eigenvalue weighted by atomic mass is 9.86. The molecule has 2 unspecified atom stereocenters. The van der Waals surface area contributed by atoms with Gasteiger partial charge in [-0.15, -0.1) is 0 Å². The average molecular weight is 182 g/mol. The van der Waals surface area contributed by atoms with Crippen molar-refractivity contribution in [2.75, 3.05) is 6.61 Å². The van der Waals surface area contributed by atoms with E-state index in [-0.39, 0.29) is 0 Å². The number of hydrogen-bond acceptors (Lipinski definition) is 1. The quantitative estimate of drug-likeness (QED) is 0.604. The van der Waals surface area contributed by atoms with Crippen LogP contribution < -0.4 is 0 Å². The Morgan fingerprint density at radius 2 is 2.23 bits per heavy atom. The van der Waals surface area contributed by atoms with E-state index >= 15 is 0 Å². The SMILES string of the molecule is CCCCCC12CCCC1CCO2. The van der Waals surface area contributed by atoms with Crippen molar-refractivity contribution in [1.82, 2.24) is 0 Å². The molecule has 0 radical (unpaired) electrons. The maximum atomic E-state index is 6.01. The van der Waals surface area contributed by atoms with Gasteiger partial charge in [-0.3, -0.25) is 0 Å². The monoisotopic (exact) mass is 182 g/mol. The molecule has 0 aromatic carbocycles. The van der Waals surface area contributed by atoms with Crippen LogP contribution in [0.15, 0.2) is 0 Å². The predicted molar refractivity (Wildman–Crippen MR) is 54.8 cm³/mol. The van der Waals surface area contributed by atoms with Crippen LogP contribution in [0.2, 0.25) is 0 Å². The van der Waals surface area contributed by atoms with Gasteiger partial charge in [-0.1, -0.05) is 32.6 Å². The van der Waals surface area contributed by atoms with Gasteiger partial charge < -0.3 is 4.74 Å². The third-order valence-corrected chi connectivity index (χ3v) is 3.96. The van der Waals surface area contributed by atoms with Gasteiger partial charge in [0.05, 0.1) is 5.60 Å². The fourth-order valence-electron chi connectivity index (χ4n) is 3.19. The van der Waals surface area contributed by atoms with E-state index in [9.17, 15) is 0 Å². The zero-order chi connectivity index (χ0) is 9.15. The van der Waals surface area contributed by atoms with E-state index in [1.54, 1.807) is 0 Å². The third-order valence-electron chi connectivity index (χ3n) is 3.96. The maximum absolute atomic E-state index is 6.01. The van der Waals surface area contributed by atoms with Crippen molar-refractivity contribution in [3.63, 3.8) is 0 Å². The summed E-state index contributed by atoms with van der Waals surface area (Å²) < 4.78 is 6.01. The van der Waals surface area contributed by atoms with Crippen LogP contribution in [0, 0.1) is 5.92 Å². The minimum atomic E-state index is 0.356. The minimum Gasteiger partial charge on any atom is -0.375 e. The van der Waals surface area contributed by atoms with Gasteiger partial charge in [-0.05, 0) is 31.6 Å². The largest absolute Gasteiger partial charge is 0.375 e. The Hall–Kier alpha value is -0.0400. The lowest BCUT2D eigenvalue weighted by Crippen LogP contribution is -2.30. The number of hydrogen-bond donors (Lipinski definition) is 0. The molecule has 0 bridgehead atoms. The van der Waals surface area contributed by atoms with Gasteiger partial charge in [0.25, 0.3) is 0 Å². The smallest absolute Gasteiger partial charge is 0.0711 e. The van der Waals surface area contributed by atoms with Gasteiger partial charge in [-0.25, -0.2) is 0 Å². The van der Waals surface area contributed by atoms with Crippen LogP contribution in [0.25, 0.3) is 0 Å². The van der Waals surface area contributed by atoms with Gasteiger partial charge in [0.1, 0.15) is 0 Å². The van der Waals surface area contributed by atoms with Crippen LogP contribution in [0.3, 0.4) is 0 Å². The summed E-state index contributed by atoms with van der Waals surface area (Å²) in [5.41, 5.74) is 0.356. The first-order valence-corrected chi connectivity index (χ1v) is 6.01. The van der Waals surface area contributed by atoms with E-state index < -0.39 is 0 Å². The zero-order valence-electron chi connectivity index (χ0n) is 8.85. The van der Waals surface area contributed by atoms with Crippen LogP contribution in [0.1, 0.15) is 58.3 Å². The van der Waals surface area contributed by atoms with Crippen LogP contribution in [-0.4, -0.2) is 12.2 Å². The molecule has 2 aliphatic rings. The minimum absolute atomic E-state index is 0.356. The number of rotatable bonds is 4. The fourth-order valence-corrected chi connectivity index (χ4v) is 3.19. The van der Waals surface area contributed by atoms with E-state index in [2.05, 4.69) is 6.92 Å². The Morgan fingerprint density at radius 3 is 3.08 bits per heavy atom. The molecule has 0 amide bonds. The molecule has 0 N–H and O–H groups in total. The van der Waals surface area contributed by atoms with Crippen LogP contribution >= 0.6 is 0 Å². The first-order chi connectivity index (χ1) is 6.37. The predicted octanol–water partition coefficient (Wildman–Crippen LogP) is 3.53. The van der Waals surface area contributed by atoms with E-state index in [0.29, 0.717) is 5.60 Å². The number of unbranched alkanes of at least 4 members (excludes halogenated alkanes) is 2. The van der Waals surface area contributed by atoms with Crippen molar-refractivity contribution in [3.05, 3.63) is 0 Å². The van der Waals surface area contributed by atoms with Crippen molar-refractivity contribution >= 4 is 0 Å². The number of fused-ring (bicyclic) bond motifs is 1. The van der Waals surface area contributed by atoms with E-state index in [4.69, 9.17) is 4.74 Å². The van der Waals surface area contributed by atoms with Crippen molar-refractivity contribution in [2.24, 2.45) is 5.92 Å². The van der Waals surface area contributed by atoms with Crippen molar-refractivity contribution in [1.29, 1.82) is 0 Å². The molecule has 0 spiro atoms. The van der Waals surface area contributed by atoms with Gasteiger partial charge in [0, 0.05) is 6.61 Å². The summed E-state index contributed by atoms with van der Waals surface area (Å²) in [6.45, 7) is 3.32. The molecule has 1 saturated heterocycles. The van der Waals surface area contributed by atoms with Crippen molar-refractivity contribution in [2.45, 2.75) is 63.9 Å².